The summed E-state index contributed by atoms with van der Waals surface area (Å²) in [6, 6.07) is 8.86. The maximum absolute atomic E-state index is 3.34. The van der Waals surface area contributed by atoms with Crippen LogP contribution in [-0.4, -0.2) is 26.7 Å². The van der Waals surface area contributed by atoms with Crippen LogP contribution in [0.3, 0.4) is 0 Å². The van der Waals surface area contributed by atoms with E-state index in [-0.39, 0.29) is 0 Å². The summed E-state index contributed by atoms with van der Waals surface area (Å²) in [7, 11) is 2.07. The average molecular weight is 216 g/mol. The molecule has 1 heterocycles. The zero-order valence-electron chi connectivity index (χ0n) is 10.00. The van der Waals surface area contributed by atoms with Crippen molar-refractivity contribution in [1.82, 2.24) is 5.32 Å². The van der Waals surface area contributed by atoms with Crippen molar-refractivity contribution in [3.05, 3.63) is 29.8 Å². The molecular weight excluding hydrogens is 196 g/mol. The molecule has 1 aliphatic carbocycles. The Morgan fingerprint density at radius 2 is 2.12 bits per heavy atom. The third kappa shape index (κ3) is 1.71. The number of anilines is 1. The lowest BCUT2D eigenvalue weighted by Gasteiger charge is -2.25. The third-order valence-corrected chi connectivity index (χ3v) is 4.02. The van der Waals surface area contributed by atoms with Crippen LogP contribution in [0.25, 0.3) is 0 Å². The second kappa shape index (κ2) is 3.77. The van der Waals surface area contributed by atoms with E-state index in [1.54, 1.807) is 0 Å². The molecule has 1 fully saturated rings. The van der Waals surface area contributed by atoms with Gasteiger partial charge in [-0.05, 0) is 37.9 Å². The van der Waals surface area contributed by atoms with Crippen molar-refractivity contribution < 1.29 is 0 Å². The number of nitrogens with one attached hydrogen (secondary N) is 1. The van der Waals surface area contributed by atoms with Gasteiger partial charge in [-0.25, -0.2) is 0 Å². The van der Waals surface area contributed by atoms with Gasteiger partial charge in [0.25, 0.3) is 0 Å². The molecular formula is C14H20N2. The average Bonchev–Trinajstić information content (AvgIpc) is 2.93. The normalized spacial score (nSPS) is 20.9. The molecule has 1 N–H and O–H groups in total. The molecule has 1 aromatic rings. The molecule has 1 aliphatic heterocycles. The first kappa shape index (κ1) is 10.2. The monoisotopic (exact) mass is 216 g/mol. The SMILES string of the molecule is CNCC1(CN2CCc3ccccc32)CC1. The van der Waals surface area contributed by atoms with Crippen molar-refractivity contribution in [1.29, 1.82) is 0 Å². The highest BCUT2D eigenvalue weighted by atomic mass is 15.2. The van der Waals surface area contributed by atoms with Gasteiger partial charge in [-0.3, -0.25) is 0 Å². The van der Waals surface area contributed by atoms with Gasteiger partial charge in [0.05, 0.1) is 0 Å². The third-order valence-electron chi connectivity index (χ3n) is 4.02. The smallest absolute Gasteiger partial charge is 0.0399 e. The second-order valence-electron chi connectivity index (χ2n) is 5.33. The van der Waals surface area contributed by atoms with Crippen molar-refractivity contribution in [3.8, 4) is 0 Å². The summed E-state index contributed by atoms with van der Waals surface area (Å²) < 4.78 is 0. The number of fused-ring (bicyclic) bond motifs is 1. The van der Waals surface area contributed by atoms with Crippen molar-refractivity contribution in [3.63, 3.8) is 0 Å². The van der Waals surface area contributed by atoms with Gasteiger partial charge < -0.3 is 10.2 Å². The molecule has 0 unspecified atom stereocenters. The van der Waals surface area contributed by atoms with Crippen molar-refractivity contribution in [2.45, 2.75) is 19.3 Å². The quantitative estimate of drug-likeness (QED) is 0.828. The molecule has 86 valence electrons. The van der Waals surface area contributed by atoms with E-state index in [0.717, 1.165) is 0 Å². The summed E-state index contributed by atoms with van der Waals surface area (Å²) in [5, 5.41) is 3.34. The van der Waals surface area contributed by atoms with Gasteiger partial charge in [0, 0.05) is 30.7 Å². The minimum Gasteiger partial charge on any atom is -0.370 e. The summed E-state index contributed by atoms with van der Waals surface area (Å²) in [5.41, 5.74) is 3.58. The molecule has 2 nitrogen and oxygen atoms in total. The second-order valence-corrected chi connectivity index (χ2v) is 5.33. The van der Waals surface area contributed by atoms with E-state index in [9.17, 15) is 0 Å². The molecule has 16 heavy (non-hydrogen) atoms. The highest BCUT2D eigenvalue weighted by Crippen LogP contribution is 2.47. The van der Waals surface area contributed by atoms with E-state index in [4.69, 9.17) is 0 Å². The molecule has 0 atom stereocenters. The van der Waals surface area contributed by atoms with Crippen LogP contribution in [-0.2, 0) is 6.42 Å². The van der Waals surface area contributed by atoms with Crippen molar-refractivity contribution in [2.24, 2.45) is 5.41 Å². The molecule has 2 aliphatic rings. The first-order valence-corrected chi connectivity index (χ1v) is 6.30. The number of hydrogen-bond acceptors (Lipinski definition) is 2. The van der Waals surface area contributed by atoms with Crippen LogP contribution in [0.5, 0.6) is 0 Å². The Morgan fingerprint density at radius 1 is 1.31 bits per heavy atom. The summed E-state index contributed by atoms with van der Waals surface area (Å²) in [6.07, 6.45) is 4.02. The van der Waals surface area contributed by atoms with Crippen LogP contribution < -0.4 is 10.2 Å². The Morgan fingerprint density at radius 3 is 2.88 bits per heavy atom. The molecule has 0 saturated heterocycles. The lowest BCUT2D eigenvalue weighted by Crippen LogP contribution is -2.34. The fourth-order valence-corrected chi connectivity index (χ4v) is 2.92. The largest absolute Gasteiger partial charge is 0.370 e. The lowest BCUT2D eigenvalue weighted by atomic mass is 10.1. The standard InChI is InChI=1S/C14H20N2/c1-15-10-14(7-8-14)11-16-9-6-12-4-2-3-5-13(12)16/h2-5,15H,6-11H2,1H3. The van der Waals surface area contributed by atoms with Gasteiger partial charge in [0.15, 0.2) is 0 Å². The fraction of sp³-hybridized carbons (Fsp3) is 0.571. The van der Waals surface area contributed by atoms with Gasteiger partial charge in [-0.2, -0.15) is 0 Å². The molecule has 0 radical (unpaired) electrons. The molecule has 0 spiro atoms. The van der Waals surface area contributed by atoms with E-state index in [1.165, 1.54) is 50.1 Å². The Balaban J connectivity index is 1.74. The van der Waals surface area contributed by atoms with E-state index < -0.39 is 0 Å². The Hall–Kier alpha value is -1.02. The van der Waals surface area contributed by atoms with Gasteiger partial charge in [-0.1, -0.05) is 18.2 Å². The zero-order chi connectivity index (χ0) is 11.0. The number of para-hydroxylation sites is 1. The molecule has 3 rings (SSSR count). The van der Waals surface area contributed by atoms with Crippen LogP contribution in [0.15, 0.2) is 24.3 Å². The maximum Gasteiger partial charge on any atom is 0.0399 e. The number of hydrogen-bond donors (Lipinski definition) is 1. The first-order chi connectivity index (χ1) is 7.83. The maximum atomic E-state index is 3.34. The zero-order valence-corrected chi connectivity index (χ0v) is 10.00. The Labute approximate surface area is 97.6 Å². The van der Waals surface area contributed by atoms with Gasteiger partial charge in [0.2, 0.25) is 0 Å². The molecule has 1 aromatic carbocycles. The topological polar surface area (TPSA) is 15.3 Å². The lowest BCUT2D eigenvalue weighted by molar-refractivity contribution is 0.476. The highest BCUT2D eigenvalue weighted by molar-refractivity contribution is 5.58. The Bertz CT molecular complexity index is 382. The molecule has 2 heteroatoms. The van der Waals surface area contributed by atoms with E-state index in [1.807, 2.05) is 0 Å². The number of benzene rings is 1. The summed E-state index contributed by atoms with van der Waals surface area (Å²) in [6.45, 7) is 3.63. The molecule has 0 aromatic heterocycles. The minimum absolute atomic E-state index is 0.576. The predicted octanol–water partition coefficient (Wildman–Crippen LogP) is 2.05. The molecule has 0 bridgehead atoms. The van der Waals surface area contributed by atoms with Crippen LogP contribution in [0.2, 0.25) is 0 Å². The van der Waals surface area contributed by atoms with Crippen molar-refractivity contribution >= 4 is 5.69 Å². The number of rotatable bonds is 4. The summed E-state index contributed by atoms with van der Waals surface area (Å²) in [4.78, 5) is 2.58. The van der Waals surface area contributed by atoms with E-state index >= 15 is 0 Å². The van der Waals surface area contributed by atoms with Gasteiger partial charge in [-0.15, -0.1) is 0 Å². The van der Waals surface area contributed by atoms with E-state index in [2.05, 4.69) is 41.5 Å². The van der Waals surface area contributed by atoms with Crippen LogP contribution in [0.1, 0.15) is 18.4 Å². The number of nitrogens with zero attached hydrogens (tertiary/aromatic N) is 1. The summed E-state index contributed by atoms with van der Waals surface area (Å²) in [5.74, 6) is 0. The molecule has 0 amide bonds. The highest BCUT2D eigenvalue weighted by Gasteiger charge is 2.43. The van der Waals surface area contributed by atoms with Crippen LogP contribution in [0, 0.1) is 5.41 Å². The minimum atomic E-state index is 0.576. The first-order valence-electron chi connectivity index (χ1n) is 6.30. The van der Waals surface area contributed by atoms with Gasteiger partial charge >= 0.3 is 0 Å². The van der Waals surface area contributed by atoms with Crippen molar-refractivity contribution in [2.75, 3.05) is 31.6 Å². The van der Waals surface area contributed by atoms with E-state index in [0.29, 0.717) is 5.41 Å². The summed E-state index contributed by atoms with van der Waals surface area (Å²) >= 11 is 0. The predicted molar refractivity (Wildman–Crippen MR) is 68.0 cm³/mol. The van der Waals surface area contributed by atoms with Gasteiger partial charge in [0.1, 0.15) is 0 Å². The molecule has 1 saturated carbocycles. The van der Waals surface area contributed by atoms with Crippen LogP contribution in [0.4, 0.5) is 5.69 Å². The van der Waals surface area contributed by atoms with Crippen LogP contribution >= 0.6 is 0 Å². The Kier molecular flexibility index (Phi) is 2.40. The fourth-order valence-electron chi connectivity index (χ4n) is 2.92.